The van der Waals surface area contributed by atoms with E-state index in [1.807, 2.05) is 60.7 Å². The van der Waals surface area contributed by atoms with Crippen molar-refractivity contribution < 1.29 is 4.79 Å². The molecule has 0 aliphatic carbocycles. The van der Waals surface area contributed by atoms with Crippen molar-refractivity contribution in [1.82, 2.24) is 29.9 Å². The molecule has 3 aromatic heterocycles. The summed E-state index contributed by atoms with van der Waals surface area (Å²) in [7, 11) is 1.74. The molecule has 0 aliphatic rings. The highest BCUT2D eigenvalue weighted by molar-refractivity contribution is 5.94. The molecule has 0 spiro atoms. The average Bonchev–Trinajstić information content (AvgIpc) is 3.27. The lowest BCUT2D eigenvalue weighted by atomic mass is 10.1. The molecule has 168 valence electrons. The van der Waals surface area contributed by atoms with Crippen LogP contribution in [-0.2, 0) is 20.1 Å². The van der Waals surface area contributed by atoms with Gasteiger partial charge in [0.25, 0.3) is 11.5 Å². The van der Waals surface area contributed by atoms with E-state index >= 15 is 0 Å². The van der Waals surface area contributed by atoms with E-state index in [9.17, 15) is 9.59 Å². The molecule has 0 radical (unpaired) electrons. The highest BCUT2D eigenvalue weighted by Gasteiger charge is 2.16. The van der Waals surface area contributed by atoms with Crippen LogP contribution in [0.5, 0.6) is 0 Å². The van der Waals surface area contributed by atoms with Gasteiger partial charge in [-0.2, -0.15) is 10.2 Å². The molecule has 3 heterocycles. The van der Waals surface area contributed by atoms with Gasteiger partial charge in [0.1, 0.15) is 5.69 Å². The first-order valence-electron chi connectivity index (χ1n) is 10.9. The number of aromatic nitrogens is 5. The van der Waals surface area contributed by atoms with E-state index in [-0.39, 0.29) is 18.0 Å². The van der Waals surface area contributed by atoms with Crippen LogP contribution >= 0.6 is 0 Å². The summed E-state index contributed by atoms with van der Waals surface area (Å²) in [6, 6.07) is 22.5. The van der Waals surface area contributed by atoms with Gasteiger partial charge < -0.3 is 5.32 Å². The Bertz CT molecular complexity index is 1520. The zero-order valence-electron chi connectivity index (χ0n) is 18.5. The van der Waals surface area contributed by atoms with Gasteiger partial charge in [0.05, 0.1) is 29.9 Å². The van der Waals surface area contributed by atoms with Gasteiger partial charge in [0.15, 0.2) is 0 Å². The van der Waals surface area contributed by atoms with Gasteiger partial charge in [-0.3, -0.25) is 19.3 Å². The monoisotopic (exact) mass is 450 g/mol. The molecular weight excluding hydrogens is 428 g/mol. The van der Waals surface area contributed by atoms with Crippen LogP contribution in [0, 0.1) is 0 Å². The molecule has 2 aromatic carbocycles. The van der Waals surface area contributed by atoms with Gasteiger partial charge in [-0.25, -0.2) is 4.68 Å². The number of rotatable bonds is 6. The van der Waals surface area contributed by atoms with Gasteiger partial charge in [-0.1, -0.05) is 54.6 Å². The van der Waals surface area contributed by atoms with Crippen LogP contribution in [0.25, 0.3) is 22.0 Å². The molecule has 0 unspecified atom stereocenters. The number of aryl methyl sites for hydroxylation is 1. The Morgan fingerprint density at radius 2 is 1.71 bits per heavy atom. The quantitative estimate of drug-likeness (QED) is 0.429. The van der Waals surface area contributed by atoms with Crippen LogP contribution in [0.1, 0.15) is 21.7 Å². The van der Waals surface area contributed by atoms with Crippen molar-refractivity contribution in [3.63, 3.8) is 0 Å². The van der Waals surface area contributed by atoms with Crippen LogP contribution in [-0.4, -0.2) is 30.5 Å². The fraction of sp³-hybridized carbons (Fsp3) is 0.115. The minimum Gasteiger partial charge on any atom is -0.345 e. The van der Waals surface area contributed by atoms with Crippen molar-refractivity contribution in [2.75, 3.05) is 0 Å². The van der Waals surface area contributed by atoms with Gasteiger partial charge in [0, 0.05) is 30.4 Å². The topological polar surface area (TPSA) is 94.7 Å². The maximum absolute atomic E-state index is 13.0. The molecule has 0 bridgehead atoms. The number of nitrogens with one attached hydrogen (secondary N) is 1. The van der Waals surface area contributed by atoms with E-state index in [1.54, 1.807) is 36.3 Å². The number of carbonyl (C=O) groups is 1. The number of pyridine rings is 1. The molecule has 8 heteroatoms. The molecule has 1 N–H and O–H groups in total. The van der Waals surface area contributed by atoms with Gasteiger partial charge in [-0.15, -0.1) is 0 Å². The summed E-state index contributed by atoms with van der Waals surface area (Å²) in [5, 5.41) is 13.2. The van der Waals surface area contributed by atoms with Crippen molar-refractivity contribution in [2.24, 2.45) is 7.05 Å². The Morgan fingerprint density at radius 1 is 0.941 bits per heavy atom. The molecule has 5 aromatic rings. The summed E-state index contributed by atoms with van der Waals surface area (Å²) >= 11 is 0. The van der Waals surface area contributed by atoms with E-state index in [1.165, 1.54) is 4.68 Å². The fourth-order valence-electron chi connectivity index (χ4n) is 3.89. The Hall–Kier alpha value is -4.59. The first-order chi connectivity index (χ1) is 16.6. The van der Waals surface area contributed by atoms with E-state index in [2.05, 4.69) is 20.5 Å². The van der Waals surface area contributed by atoms with Crippen molar-refractivity contribution >= 4 is 16.7 Å². The van der Waals surface area contributed by atoms with Crippen LogP contribution in [0.15, 0.2) is 90.0 Å². The highest BCUT2D eigenvalue weighted by atomic mass is 16.2. The van der Waals surface area contributed by atoms with Crippen LogP contribution in [0.3, 0.4) is 0 Å². The van der Waals surface area contributed by atoms with Crippen LogP contribution in [0.2, 0.25) is 0 Å². The molecule has 0 atom stereocenters. The maximum atomic E-state index is 13.0. The third-order valence-electron chi connectivity index (χ3n) is 5.60. The number of hydrogen-bond donors (Lipinski definition) is 1. The second kappa shape index (κ2) is 9.11. The Kier molecular flexibility index (Phi) is 5.70. The first-order valence-corrected chi connectivity index (χ1v) is 10.9. The van der Waals surface area contributed by atoms with Crippen molar-refractivity contribution in [3.8, 4) is 11.3 Å². The van der Waals surface area contributed by atoms with Crippen LogP contribution < -0.4 is 10.9 Å². The van der Waals surface area contributed by atoms with E-state index in [0.29, 0.717) is 28.7 Å². The van der Waals surface area contributed by atoms with Crippen LogP contribution in [0.4, 0.5) is 0 Å². The second-order valence-corrected chi connectivity index (χ2v) is 7.90. The van der Waals surface area contributed by atoms with E-state index in [4.69, 9.17) is 0 Å². The number of carbonyl (C=O) groups excluding carboxylic acids is 1. The predicted octanol–water partition coefficient (Wildman–Crippen LogP) is 3.17. The predicted molar refractivity (Wildman–Crippen MR) is 129 cm³/mol. The van der Waals surface area contributed by atoms with E-state index < -0.39 is 0 Å². The number of amides is 1. The standard InChI is InChI=1S/C26H22N6O2/c1-31-24(14-22(29-31)19-9-3-2-4-10-19)25(33)28-16-23-20-11-5-6-12-21(20)26(34)32(30-23)17-18-8-7-13-27-15-18/h2-15H,16-17H2,1H3,(H,28,33). The van der Waals surface area contributed by atoms with Crippen molar-refractivity contribution in [2.45, 2.75) is 13.1 Å². The van der Waals surface area contributed by atoms with Gasteiger partial charge in [0.2, 0.25) is 0 Å². The summed E-state index contributed by atoms with van der Waals surface area (Å²) in [6.45, 7) is 0.457. The zero-order valence-corrected chi connectivity index (χ0v) is 18.5. The number of benzene rings is 2. The van der Waals surface area contributed by atoms with Gasteiger partial charge >= 0.3 is 0 Å². The summed E-state index contributed by atoms with van der Waals surface area (Å²) in [5.74, 6) is -0.270. The number of hydrogen-bond acceptors (Lipinski definition) is 5. The Balaban J connectivity index is 1.43. The van der Waals surface area contributed by atoms with Gasteiger partial charge in [-0.05, 0) is 23.8 Å². The highest BCUT2D eigenvalue weighted by Crippen LogP contribution is 2.19. The lowest BCUT2D eigenvalue weighted by Gasteiger charge is -2.12. The molecule has 5 rings (SSSR count). The Morgan fingerprint density at radius 3 is 2.47 bits per heavy atom. The molecule has 0 saturated carbocycles. The third-order valence-corrected chi connectivity index (χ3v) is 5.60. The summed E-state index contributed by atoms with van der Waals surface area (Å²) < 4.78 is 2.98. The number of fused-ring (bicyclic) bond motifs is 1. The molecule has 8 nitrogen and oxygen atoms in total. The van der Waals surface area contributed by atoms with E-state index in [0.717, 1.165) is 16.8 Å². The molecule has 0 aliphatic heterocycles. The fourth-order valence-corrected chi connectivity index (χ4v) is 3.89. The Labute approximate surface area is 195 Å². The zero-order chi connectivity index (χ0) is 23.5. The largest absolute Gasteiger partial charge is 0.345 e. The van der Waals surface area contributed by atoms with Crippen molar-refractivity contribution in [3.05, 3.63) is 112 Å². The normalized spacial score (nSPS) is 11.0. The lowest BCUT2D eigenvalue weighted by molar-refractivity contribution is 0.0941. The maximum Gasteiger partial charge on any atom is 0.274 e. The molecular formula is C26H22N6O2. The summed E-state index contributed by atoms with van der Waals surface area (Å²) in [6.07, 6.45) is 3.39. The summed E-state index contributed by atoms with van der Waals surface area (Å²) in [5.41, 5.74) is 3.39. The minimum absolute atomic E-state index is 0.165. The minimum atomic E-state index is -0.270. The molecule has 0 fully saturated rings. The van der Waals surface area contributed by atoms with Crippen molar-refractivity contribution in [1.29, 1.82) is 0 Å². The smallest absolute Gasteiger partial charge is 0.274 e. The molecule has 0 saturated heterocycles. The SMILES string of the molecule is Cn1nc(-c2ccccc2)cc1C(=O)NCc1nn(Cc2cccnc2)c(=O)c2ccccc12. The summed E-state index contributed by atoms with van der Waals surface area (Å²) in [4.78, 5) is 30.1. The first kappa shape index (κ1) is 21.3. The average molecular weight is 451 g/mol. The third kappa shape index (κ3) is 4.21. The molecule has 1 amide bonds. The molecule has 34 heavy (non-hydrogen) atoms. The number of nitrogens with zero attached hydrogens (tertiary/aromatic N) is 5. The lowest BCUT2D eigenvalue weighted by Crippen LogP contribution is -2.29. The second-order valence-electron chi connectivity index (χ2n) is 7.90.